The quantitative estimate of drug-likeness (QED) is 0.510. The van der Waals surface area contributed by atoms with Crippen LogP contribution in [0.2, 0.25) is 0 Å². The summed E-state index contributed by atoms with van der Waals surface area (Å²) in [5.74, 6) is 0.552. The largest absolute Gasteiger partial charge is 0.321 e. The van der Waals surface area contributed by atoms with Gasteiger partial charge in [-0.15, -0.1) is 0 Å². The Morgan fingerprint density at radius 3 is 2.83 bits per heavy atom. The van der Waals surface area contributed by atoms with Crippen LogP contribution in [0.5, 0.6) is 0 Å². The number of nitrogens with zero attached hydrogens (tertiary/aromatic N) is 4. The molecule has 0 bridgehead atoms. The molecule has 0 spiro atoms. The minimum Gasteiger partial charge on any atom is -0.321 e. The van der Waals surface area contributed by atoms with E-state index in [1.807, 2.05) is 77.5 Å². The molecule has 0 unspecified atom stereocenters. The second-order valence-corrected chi connectivity index (χ2v) is 6.74. The van der Waals surface area contributed by atoms with Crippen molar-refractivity contribution in [2.75, 3.05) is 5.32 Å². The number of imidazole rings is 1. The number of rotatable bonds is 4. The number of hydrogen-bond acceptors (Lipinski definition) is 4. The van der Waals surface area contributed by atoms with Crippen molar-refractivity contribution in [1.82, 2.24) is 19.4 Å². The number of amides is 1. The van der Waals surface area contributed by atoms with Crippen LogP contribution in [0.4, 0.5) is 5.69 Å². The van der Waals surface area contributed by atoms with Crippen LogP contribution in [0, 0.1) is 0 Å². The molecular weight excluding hydrogens is 362 g/mol. The molecule has 5 rings (SSSR count). The maximum atomic E-state index is 13.0. The normalized spacial score (nSPS) is 11.0. The highest BCUT2D eigenvalue weighted by Crippen LogP contribution is 2.20. The Labute approximate surface area is 166 Å². The van der Waals surface area contributed by atoms with Gasteiger partial charge in [0, 0.05) is 42.3 Å². The van der Waals surface area contributed by atoms with Crippen LogP contribution >= 0.6 is 0 Å². The zero-order valence-electron chi connectivity index (χ0n) is 15.5. The Kier molecular flexibility index (Phi) is 4.22. The third-order valence-electron chi connectivity index (χ3n) is 4.78. The van der Waals surface area contributed by atoms with Crippen LogP contribution < -0.4 is 5.32 Å². The van der Waals surface area contributed by atoms with Crippen LogP contribution in [-0.2, 0) is 6.42 Å². The minimum atomic E-state index is -0.241. The highest BCUT2D eigenvalue weighted by atomic mass is 16.1. The van der Waals surface area contributed by atoms with Crippen molar-refractivity contribution in [1.29, 1.82) is 0 Å². The number of carbonyl (C=O) groups is 1. The van der Waals surface area contributed by atoms with Crippen LogP contribution in [0.3, 0.4) is 0 Å². The van der Waals surface area contributed by atoms with Gasteiger partial charge in [0.15, 0.2) is 5.69 Å². The SMILES string of the molecule is O=C(Nc1ccc2ncccc2c1)c1nc(Cc2cccnc2)n2ccccc12. The molecule has 0 aliphatic carbocycles. The predicted molar refractivity (Wildman–Crippen MR) is 112 cm³/mol. The Morgan fingerprint density at radius 2 is 1.93 bits per heavy atom. The summed E-state index contributed by atoms with van der Waals surface area (Å²) < 4.78 is 1.95. The van der Waals surface area contributed by atoms with E-state index in [4.69, 9.17) is 0 Å². The van der Waals surface area contributed by atoms with Crippen LogP contribution in [0.15, 0.2) is 85.5 Å². The number of fused-ring (bicyclic) bond motifs is 2. The lowest BCUT2D eigenvalue weighted by Gasteiger charge is -2.05. The minimum absolute atomic E-state index is 0.241. The maximum absolute atomic E-state index is 13.0. The van der Waals surface area contributed by atoms with Gasteiger partial charge in [0.05, 0.1) is 11.0 Å². The number of benzene rings is 1. The summed E-state index contributed by atoms with van der Waals surface area (Å²) in [6.45, 7) is 0. The fraction of sp³-hybridized carbons (Fsp3) is 0.0435. The molecule has 140 valence electrons. The van der Waals surface area contributed by atoms with Gasteiger partial charge in [-0.1, -0.05) is 18.2 Å². The first-order valence-corrected chi connectivity index (χ1v) is 9.29. The Balaban J connectivity index is 1.49. The average molecular weight is 379 g/mol. The number of anilines is 1. The second kappa shape index (κ2) is 7.16. The number of carbonyl (C=O) groups excluding carboxylic acids is 1. The zero-order chi connectivity index (χ0) is 19.6. The Hall–Kier alpha value is -4.06. The van der Waals surface area contributed by atoms with Crippen molar-refractivity contribution in [2.45, 2.75) is 6.42 Å². The fourth-order valence-corrected chi connectivity index (χ4v) is 3.42. The summed E-state index contributed by atoms with van der Waals surface area (Å²) in [5.41, 5.74) is 3.80. The molecule has 0 saturated heterocycles. The van der Waals surface area contributed by atoms with Crippen molar-refractivity contribution in [3.05, 3.63) is 103 Å². The molecule has 1 amide bonds. The van der Waals surface area contributed by atoms with Gasteiger partial charge >= 0.3 is 0 Å². The Morgan fingerprint density at radius 1 is 1.00 bits per heavy atom. The lowest BCUT2D eigenvalue weighted by Crippen LogP contribution is -2.13. The first kappa shape index (κ1) is 17.1. The van der Waals surface area contributed by atoms with E-state index in [1.54, 1.807) is 12.4 Å². The summed E-state index contributed by atoms with van der Waals surface area (Å²) in [4.78, 5) is 26.1. The molecule has 0 saturated carbocycles. The summed E-state index contributed by atoms with van der Waals surface area (Å²) in [5, 5.41) is 3.93. The number of pyridine rings is 3. The van der Waals surface area contributed by atoms with Gasteiger partial charge in [0.2, 0.25) is 0 Å². The topological polar surface area (TPSA) is 72.2 Å². The van der Waals surface area contributed by atoms with Gasteiger partial charge in [-0.3, -0.25) is 14.8 Å². The molecule has 0 aliphatic heterocycles. The van der Waals surface area contributed by atoms with Gasteiger partial charge in [0.25, 0.3) is 5.91 Å². The lowest BCUT2D eigenvalue weighted by atomic mass is 10.2. The van der Waals surface area contributed by atoms with Gasteiger partial charge in [0.1, 0.15) is 5.82 Å². The molecule has 4 aromatic heterocycles. The highest BCUT2D eigenvalue weighted by Gasteiger charge is 2.18. The van der Waals surface area contributed by atoms with E-state index in [2.05, 4.69) is 20.3 Å². The highest BCUT2D eigenvalue weighted by molar-refractivity contribution is 6.08. The van der Waals surface area contributed by atoms with Gasteiger partial charge < -0.3 is 9.72 Å². The standard InChI is InChI=1S/C23H17N5O/c29-23(26-18-8-9-19-17(14-18)6-4-11-25-19)22-20-7-1-2-12-28(20)21(27-22)13-16-5-3-10-24-15-16/h1-12,14-15H,13H2,(H,26,29). The van der Waals surface area contributed by atoms with E-state index >= 15 is 0 Å². The number of nitrogens with one attached hydrogen (secondary N) is 1. The number of hydrogen-bond donors (Lipinski definition) is 1. The van der Waals surface area contributed by atoms with E-state index in [-0.39, 0.29) is 5.91 Å². The smallest absolute Gasteiger partial charge is 0.276 e. The van der Waals surface area contributed by atoms with Gasteiger partial charge in [-0.25, -0.2) is 4.98 Å². The van der Waals surface area contributed by atoms with E-state index in [9.17, 15) is 4.79 Å². The van der Waals surface area contributed by atoms with Crippen LogP contribution in [0.1, 0.15) is 21.9 Å². The van der Waals surface area contributed by atoms with Crippen molar-refractivity contribution < 1.29 is 4.79 Å². The molecule has 0 fully saturated rings. The van der Waals surface area contributed by atoms with Crippen molar-refractivity contribution in [3.8, 4) is 0 Å². The maximum Gasteiger partial charge on any atom is 0.276 e. The summed E-state index contributed by atoms with van der Waals surface area (Å²) in [6.07, 6.45) is 7.82. The fourth-order valence-electron chi connectivity index (χ4n) is 3.42. The Bertz CT molecular complexity index is 1330. The van der Waals surface area contributed by atoms with Crippen LogP contribution in [-0.4, -0.2) is 25.3 Å². The molecule has 0 radical (unpaired) electrons. The molecule has 5 aromatic rings. The first-order valence-electron chi connectivity index (χ1n) is 9.29. The van der Waals surface area contributed by atoms with Gasteiger partial charge in [-0.2, -0.15) is 0 Å². The summed E-state index contributed by atoms with van der Waals surface area (Å²) >= 11 is 0. The molecule has 0 aliphatic rings. The van der Waals surface area contributed by atoms with Crippen molar-refractivity contribution >= 4 is 28.0 Å². The lowest BCUT2D eigenvalue weighted by molar-refractivity contribution is 0.102. The predicted octanol–water partition coefficient (Wildman–Crippen LogP) is 4.12. The van der Waals surface area contributed by atoms with E-state index in [0.717, 1.165) is 27.8 Å². The van der Waals surface area contributed by atoms with E-state index in [1.165, 1.54) is 0 Å². The average Bonchev–Trinajstić information content (AvgIpc) is 3.13. The molecule has 1 aromatic carbocycles. The second-order valence-electron chi connectivity index (χ2n) is 6.74. The van der Waals surface area contributed by atoms with E-state index in [0.29, 0.717) is 17.8 Å². The monoisotopic (exact) mass is 379 g/mol. The molecule has 0 atom stereocenters. The van der Waals surface area contributed by atoms with Gasteiger partial charge in [-0.05, 0) is 48.0 Å². The van der Waals surface area contributed by atoms with Crippen molar-refractivity contribution in [3.63, 3.8) is 0 Å². The molecule has 29 heavy (non-hydrogen) atoms. The summed E-state index contributed by atoms with van der Waals surface area (Å²) in [7, 11) is 0. The molecule has 6 heteroatoms. The molecule has 6 nitrogen and oxygen atoms in total. The van der Waals surface area contributed by atoms with Crippen molar-refractivity contribution in [2.24, 2.45) is 0 Å². The summed E-state index contributed by atoms with van der Waals surface area (Å²) in [6, 6.07) is 19.1. The first-order chi connectivity index (χ1) is 14.3. The third kappa shape index (κ3) is 3.32. The molecular formula is C23H17N5O. The molecule has 4 heterocycles. The zero-order valence-corrected chi connectivity index (χ0v) is 15.5. The molecule has 1 N–H and O–H groups in total. The number of aromatic nitrogens is 4. The van der Waals surface area contributed by atoms with Crippen LogP contribution in [0.25, 0.3) is 16.4 Å². The third-order valence-corrected chi connectivity index (χ3v) is 4.78. The van der Waals surface area contributed by atoms with E-state index < -0.39 is 0 Å².